The molecule has 0 radical (unpaired) electrons. The molecule has 5 nitrogen and oxygen atoms in total. The van der Waals surface area contributed by atoms with Crippen LogP contribution < -0.4 is 14.5 Å². The maximum absolute atomic E-state index is 6.79. The molecule has 8 aromatic carbocycles. The van der Waals surface area contributed by atoms with Crippen molar-refractivity contribution in [2.24, 2.45) is 0 Å². The average molecular weight is 1150 g/mol. The van der Waals surface area contributed by atoms with Crippen molar-refractivity contribution in [3.63, 3.8) is 0 Å². The third-order valence-corrected chi connectivity index (χ3v) is 15.8. The van der Waals surface area contributed by atoms with Crippen LogP contribution in [0.15, 0.2) is 200 Å². The van der Waals surface area contributed by atoms with Crippen molar-refractivity contribution in [2.45, 2.75) is 90.4 Å². The molecule has 6 heteroatoms. The number of anilines is 4. The SMILES string of the molecule is CCC(CC)(c1ccccc1)c1cc(-c2ccccc2)cc(C(CC)(CC)c2ccccc2)c1N1[CH-]N(c2[c-]c(Oc3[c-]c4c(cc3)c3ccccc3n4-c3cc(C(C)(C)C)ccn3)ccc2)c2ccccc21.[Pt]. The number of para-hydroxylation sites is 3. The molecule has 0 amide bonds. The Morgan fingerprint density at radius 2 is 1.05 bits per heavy atom. The average Bonchev–Trinajstić information content (AvgIpc) is 3.98. The van der Waals surface area contributed by atoms with Crippen LogP contribution in [0.3, 0.4) is 0 Å². The summed E-state index contributed by atoms with van der Waals surface area (Å²) in [6.45, 7) is 18.5. The van der Waals surface area contributed by atoms with E-state index in [0.29, 0.717) is 11.5 Å². The molecule has 74 heavy (non-hydrogen) atoms. The molecule has 0 atom stereocenters. The number of aromatic nitrogens is 2. The van der Waals surface area contributed by atoms with Crippen LogP contribution in [0.25, 0.3) is 38.8 Å². The molecule has 0 fully saturated rings. The van der Waals surface area contributed by atoms with E-state index in [1.807, 2.05) is 18.3 Å². The van der Waals surface area contributed by atoms with Gasteiger partial charge in [0, 0.05) is 72.2 Å². The van der Waals surface area contributed by atoms with Gasteiger partial charge in [-0.05, 0) is 118 Å². The van der Waals surface area contributed by atoms with Gasteiger partial charge in [0.15, 0.2) is 0 Å². The number of ether oxygens (including phenoxy) is 1. The standard InChI is InChI=1S/C68H63N4O.Pt/c1-8-67(9-2,50-28-17-13-18-29-50)58-42-49(48-26-15-12-16-27-48)43-59(68(10-3,11-4)51-30-19-14-20-31-51)65(58)71-47-70(61-36-23-24-37-62(61)71)53-32-25-33-54(45-53)73-55-38-39-57-56-34-21-22-35-60(56)72(63(57)46-55)64-44-52(40-41-69-64)66(5,6)7;/h12-44,47H,8-11H2,1-7H3;/q-3;. The van der Waals surface area contributed by atoms with E-state index < -0.39 is 0 Å². The molecule has 3 heterocycles. The normalized spacial score (nSPS) is 12.8. The Balaban J connectivity index is 0.00000626. The molecular weight excluding hydrogens is 1080 g/mol. The first-order chi connectivity index (χ1) is 35.6. The summed E-state index contributed by atoms with van der Waals surface area (Å²) in [4.78, 5) is 9.67. The van der Waals surface area contributed by atoms with Gasteiger partial charge >= 0.3 is 0 Å². The summed E-state index contributed by atoms with van der Waals surface area (Å²) in [5.74, 6) is 2.05. The van der Waals surface area contributed by atoms with Crippen molar-refractivity contribution >= 4 is 44.6 Å². The molecule has 10 aromatic rings. The molecule has 11 rings (SSSR count). The van der Waals surface area contributed by atoms with Gasteiger partial charge in [0.25, 0.3) is 0 Å². The minimum atomic E-state index is -0.315. The van der Waals surface area contributed by atoms with Crippen LogP contribution in [-0.4, -0.2) is 9.55 Å². The molecular formula is C68H63N4OPt-3. The topological polar surface area (TPSA) is 33.5 Å². The summed E-state index contributed by atoms with van der Waals surface area (Å²) in [6.07, 6.45) is 5.60. The van der Waals surface area contributed by atoms with Gasteiger partial charge in [-0.1, -0.05) is 175 Å². The van der Waals surface area contributed by atoms with Gasteiger partial charge in [-0.3, -0.25) is 0 Å². The Bertz CT molecular complexity index is 3490. The molecule has 0 N–H and O–H groups in total. The molecule has 374 valence electrons. The van der Waals surface area contributed by atoms with E-state index in [4.69, 9.17) is 9.72 Å². The summed E-state index contributed by atoms with van der Waals surface area (Å²) in [5, 5.41) is 2.23. The second kappa shape index (κ2) is 20.6. The van der Waals surface area contributed by atoms with Gasteiger partial charge in [0.05, 0.1) is 0 Å². The van der Waals surface area contributed by atoms with E-state index in [2.05, 4.69) is 264 Å². The number of nitrogens with zero attached hydrogens (tertiary/aromatic N) is 4. The van der Waals surface area contributed by atoms with Crippen molar-refractivity contribution in [3.05, 3.63) is 247 Å². The van der Waals surface area contributed by atoms with Crippen LogP contribution >= 0.6 is 0 Å². The first-order valence-electron chi connectivity index (χ1n) is 26.1. The van der Waals surface area contributed by atoms with E-state index in [1.54, 1.807) is 0 Å². The number of fused-ring (bicyclic) bond motifs is 4. The van der Waals surface area contributed by atoms with E-state index in [-0.39, 0.29) is 37.3 Å². The fraction of sp³-hybridized carbons (Fsp3) is 0.206. The predicted octanol–water partition coefficient (Wildman–Crippen LogP) is 18.2. The Hall–Kier alpha value is -7.20. The minimum absolute atomic E-state index is 0. The molecule has 0 unspecified atom stereocenters. The van der Waals surface area contributed by atoms with Gasteiger partial charge in [-0.25, -0.2) is 4.98 Å². The number of rotatable bonds is 14. The van der Waals surface area contributed by atoms with Crippen molar-refractivity contribution in [1.29, 1.82) is 0 Å². The van der Waals surface area contributed by atoms with Crippen LogP contribution in [-0.2, 0) is 37.3 Å². The maximum Gasteiger partial charge on any atom is 0.135 e. The van der Waals surface area contributed by atoms with Crippen LogP contribution in [0.5, 0.6) is 11.5 Å². The minimum Gasteiger partial charge on any atom is -0.509 e. The number of benzene rings is 8. The molecule has 0 saturated heterocycles. The summed E-state index contributed by atoms with van der Waals surface area (Å²) in [6, 6.07) is 77.7. The molecule has 1 aliphatic heterocycles. The summed E-state index contributed by atoms with van der Waals surface area (Å²) < 4.78 is 9.00. The number of hydrogen-bond donors (Lipinski definition) is 0. The number of hydrogen-bond acceptors (Lipinski definition) is 4. The van der Waals surface area contributed by atoms with E-state index in [1.165, 1.54) is 44.6 Å². The predicted molar refractivity (Wildman–Crippen MR) is 304 cm³/mol. The van der Waals surface area contributed by atoms with Crippen molar-refractivity contribution in [1.82, 2.24) is 9.55 Å². The maximum atomic E-state index is 6.79. The third-order valence-electron chi connectivity index (χ3n) is 15.8. The summed E-state index contributed by atoms with van der Waals surface area (Å²) in [5.41, 5.74) is 14.5. The largest absolute Gasteiger partial charge is 0.509 e. The quantitative estimate of drug-likeness (QED) is 0.102. The Morgan fingerprint density at radius 3 is 1.66 bits per heavy atom. The summed E-state index contributed by atoms with van der Waals surface area (Å²) >= 11 is 0. The molecule has 0 saturated carbocycles. The van der Waals surface area contributed by atoms with Gasteiger partial charge in [0.1, 0.15) is 5.82 Å². The second-order valence-electron chi connectivity index (χ2n) is 20.5. The molecule has 1 aliphatic rings. The monoisotopic (exact) mass is 1150 g/mol. The molecule has 0 bridgehead atoms. The van der Waals surface area contributed by atoms with Crippen LogP contribution in [0.1, 0.15) is 102 Å². The zero-order valence-corrected chi connectivity index (χ0v) is 45.7. The second-order valence-corrected chi connectivity index (χ2v) is 20.5. The van der Waals surface area contributed by atoms with Crippen molar-refractivity contribution in [3.8, 4) is 28.4 Å². The van der Waals surface area contributed by atoms with Gasteiger partial charge in [-0.15, -0.1) is 48.1 Å². The molecule has 2 aromatic heterocycles. The fourth-order valence-electron chi connectivity index (χ4n) is 11.7. The van der Waals surface area contributed by atoms with Gasteiger partial charge in [-0.2, -0.15) is 12.1 Å². The van der Waals surface area contributed by atoms with Gasteiger partial charge in [0.2, 0.25) is 0 Å². The zero-order valence-electron chi connectivity index (χ0n) is 43.5. The fourth-order valence-corrected chi connectivity index (χ4v) is 11.7. The Kier molecular flexibility index (Phi) is 14.0. The smallest absolute Gasteiger partial charge is 0.135 e. The van der Waals surface area contributed by atoms with E-state index in [9.17, 15) is 0 Å². The van der Waals surface area contributed by atoms with Crippen LogP contribution in [0, 0.1) is 18.8 Å². The Morgan fingerprint density at radius 1 is 0.500 bits per heavy atom. The van der Waals surface area contributed by atoms with Crippen molar-refractivity contribution in [2.75, 3.05) is 9.80 Å². The van der Waals surface area contributed by atoms with Gasteiger partial charge < -0.3 is 19.1 Å². The van der Waals surface area contributed by atoms with E-state index in [0.717, 1.165) is 70.4 Å². The first-order valence-corrected chi connectivity index (χ1v) is 26.1. The summed E-state index contributed by atoms with van der Waals surface area (Å²) in [7, 11) is 0. The molecule has 0 spiro atoms. The first kappa shape index (κ1) is 50.3. The number of pyridine rings is 1. The van der Waals surface area contributed by atoms with E-state index >= 15 is 0 Å². The van der Waals surface area contributed by atoms with Crippen LogP contribution in [0.2, 0.25) is 0 Å². The third kappa shape index (κ3) is 8.73. The van der Waals surface area contributed by atoms with Crippen LogP contribution in [0.4, 0.5) is 22.7 Å². The Labute approximate surface area is 452 Å². The van der Waals surface area contributed by atoms with Crippen molar-refractivity contribution < 1.29 is 25.8 Å². The molecule has 0 aliphatic carbocycles. The zero-order chi connectivity index (χ0) is 50.3.